The molecule has 0 bridgehead atoms. The molecule has 0 radical (unpaired) electrons. The molecule has 0 spiro atoms. The van der Waals surface area contributed by atoms with E-state index in [0.29, 0.717) is 10.5 Å². The van der Waals surface area contributed by atoms with Gasteiger partial charge in [-0.15, -0.1) is 0 Å². The number of halogens is 1. The number of hydrogen-bond acceptors (Lipinski definition) is 0. The van der Waals surface area contributed by atoms with E-state index in [1.54, 1.807) is 0 Å². The van der Waals surface area contributed by atoms with Crippen LogP contribution in [-0.4, -0.2) is 10.5 Å². The van der Waals surface area contributed by atoms with Gasteiger partial charge in [0.15, 0.2) is 0 Å². The fourth-order valence-corrected chi connectivity index (χ4v) is 6.41. The Morgan fingerprint density at radius 1 is 0.905 bits per heavy atom. The molecule has 0 N–H and O–H groups in total. The molecule has 1 aliphatic carbocycles. The van der Waals surface area contributed by atoms with E-state index in [1.807, 2.05) is 0 Å². The van der Waals surface area contributed by atoms with E-state index in [9.17, 15) is 0 Å². The smallest absolute Gasteiger partial charge is 0.0547 e. The molecular formula is C19H18BrP. The highest BCUT2D eigenvalue weighted by molar-refractivity contribution is 9.09. The molecule has 0 aliphatic heterocycles. The third kappa shape index (κ3) is 3.20. The lowest BCUT2D eigenvalue weighted by Crippen LogP contribution is -2.23. The van der Waals surface area contributed by atoms with Gasteiger partial charge >= 0.3 is 0 Å². The van der Waals surface area contributed by atoms with Crippen LogP contribution in [0.4, 0.5) is 0 Å². The van der Waals surface area contributed by atoms with Crippen molar-refractivity contribution in [2.24, 2.45) is 0 Å². The summed E-state index contributed by atoms with van der Waals surface area (Å²) in [5.41, 5.74) is 2.00. The van der Waals surface area contributed by atoms with E-state index in [1.165, 1.54) is 16.2 Å². The van der Waals surface area contributed by atoms with Crippen LogP contribution in [0.5, 0.6) is 0 Å². The van der Waals surface area contributed by atoms with Gasteiger partial charge in [0.25, 0.3) is 0 Å². The Bertz CT molecular complexity index is 606. The Kier molecular flexibility index (Phi) is 4.73. The van der Waals surface area contributed by atoms with Crippen molar-refractivity contribution in [1.29, 1.82) is 0 Å². The van der Waals surface area contributed by atoms with Gasteiger partial charge in [0.2, 0.25) is 0 Å². The molecule has 3 rings (SSSR count). The van der Waals surface area contributed by atoms with Crippen molar-refractivity contribution in [3.8, 4) is 0 Å². The summed E-state index contributed by atoms with van der Waals surface area (Å²) < 4.78 is 0. The third-order valence-electron chi connectivity index (χ3n) is 3.83. The van der Waals surface area contributed by atoms with E-state index in [4.69, 9.17) is 0 Å². The topological polar surface area (TPSA) is 0 Å². The van der Waals surface area contributed by atoms with Crippen molar-refractivity contribution in [1.82, 2.24) is 0 Å². The average Bonchev–Trinajstić information content (AvgIpc) is 2.96. The summed E-state index contributed by atoms with van der Waals surface area (Å²) in [7, 11) is -0.388. The fraction of sp³-hybridized carbons (Fsp3) is 0.158. The molecule has 0 saturated carbocycles. The minimum Gasteiger partial charge on any atom is -0.0796 e. The lowest BCUT2D eigenvalue weighted by molar-refractivity contribution is 1.08. The quantitative estimate of drug-likeness (QED) is 0.546. The molecule has 0 amide bonds. The Hall–Kier alpha value is -1.17. The Balaban J connectivity index is 2.01. The summed E-state index contributed by atoms with van der Waals surface area (Å²) >= 11 is 3.77. The number of benzene rings is 2. The van der Waals surface area contributed by atoms with Crippen molar-refractivity contribution in [3.05, 3.63) is 84.5 Å². The minimum atomic E-state index is -0.388. The molecule has 21 heavy (non-hydrogen) atoms. The van der Waals surface area contributed by atoms with Gasteiger partial charge < -0.3 is 0 Å². The van der Waals surface area contributed by atoms with Gasteiger partial charge in [-0.25, -0.2) is 0 Å². The molecule has 2 unspecified atom stereocenters. The Morgan fingerprint density at radius 2 is 1.43 bits per heavy atom. The van der Waals surface area contributed by atoms with Gasteiger partial charge in [-0.2, -0.15) is 0 Å². The molecule has 1 aliphatic rings. The monoisotopic (exact) mass is 356 g/mol. The molecule has 2 atom stereocenters. The Labute approximate surface area is 136 Å². The highest BCUT2D eigenvalue weighted by atomic mass is 79.9. The number of allylic oxidation sites excluding steroid dienone is 4. The predicted octanol–water partition coefficient (Wildman–Crippen LogP) is 4.77. The maximum atomic E-state index is 3.77. The van der Waals surface area contributed by atoms with Crippen molar-refractivity contribution in [3.63, 3.8) is 0 Å². The summed E-state index contributed by atoms with van der Waals surface area (Å²) in [6.07, 6.45) is 6.65. The van der Waals surface area contributed by atoms with Crippen LogP contribution < -0.4 is 10.6 Å². The van der Waals surface area contributed by atoms with Gasteiger partial charge in [0.05, 0.1) is 4.83 Å². The maximum Gasteiger partial charge on any atom is 0.0547 e. The van der Waals surface area contributed by atoms with Crippen molar-refractivity contribution in [2.75, 3.05) is 0 Å². The highest BCUT2D eigenvalue weighted by Gasteiger charge is 2.27. The van der Waals surface area contributed by atoms with Crippen LogP contribution in [0.2, 0.25) is 0 Å². The van der Waals surface area contributed by atoms with Crippen LogP contribution in [0.25, 0.3) is 0 Å². The minimum absolute atomic E-state index is 0.380. The SMILES string of the molecule is CC(C1=CC=CC1Br)P(c1ccccc1)c1ccccc1. The van der Waals surface area contributed by atoms with Gasteiger partial charge in [0, 0.05) is 5.66 Å². The Morgan fingerprint density at radius 3 is 1.86 bits per heavy atom. The number of hydrogen-bond donors (Lipinski definition) is 0. The largest absolute Gasteiger partial charge is 0.0796 e. The zero-order valence-corrected chi connectivity index (χ0v) is 14.5. The van der Waals surface area contributed by atoms with E-state index in [-0.39, 0.29) is 7.92 Å². The normalized spacial score (nSPS) is 18.8. The van der Waals surface area contributed by atoms with E-state index < -0.39 is 0 Å². The second kappa shape index (κ2) is 6.73. The molecule has 0 nitrogen and oxygen atoms in total. The van der Waals surface area contributed by atoms with E-state index in [2.05, 4.69) is 102 Å². The zero-order chi connectivity index (χ0) is 14.7. The lowest BCUT2D eigenvalue weighted by Gasteiger charge is -2.28. The molecule has 0 heterocycles. The summed E-state index contributed by atoms with van der Waals surface area (Å²) in [5.74, 6) is 0. The second-order valence-corrected chi connectivity index (χ2v) is 8.70. The van der Waals surface area contributed by atoms with Crippen molar-refractivity contribution in [2.45, 2.75) is 17.4 Å². The van der Waals surface area contributed by atoms with Gasteiger partial charge in [-0.3, -0.25) is 0 Å². The van der Waals surface area contributed by atoms with Crippen LogP contribution in [-0.2, 0) is 0 Å². The molecular weight excluding hydrogens is 339 g/mol. The summed E-state index contributed by atoms with van der Waals surface area (Å²) in [6.45, 7) is 2.36. The van der Waals surface area contributed by atoms with Crippen LogP contribution in [0.3, 0.4) is 0 Å². The second-order valence-electron chi connectivity index (χ2n) is 5.17. The first kappa shape index (κ1) is 14.8. The number of rotatable bonds is 4. The summed E-state index contributed by atoms with van der Waals surface area (Å²) in [5, 5.41) is 2.89. The summed E-state index contributed by atoms with van der Waals surface area (Å²) in [4.78, 5) is 0.380. The molecule has 0 saturated heterocycles. The standard InChI is InChI=1S/C19H18BrP/c1-15(18-13-8-14-19(18)20)21(16-9-4-2-5-10-16)17-11-6-3-7-12-17/h2-15,19H,1H3. The molecule has 0 fully saturated rings. The van der Waals surface area contributed by atoms with Gasteiger partial charge in [-0.05, 0) is 24.1 Å². The van der Waals surface area contributed by atoms with Crippen molar-refractivity contribution < 1.29 is 0 Å². The van der Waals surface area contributed by atoms with E-state index >= 15 is 0 Å². The first-order chi connectivity index (χ1) is 10.3. The highest BCUT2D eigenvalue weighted by Crippen LogP contribution is 2.45. The lowest BCUT2D eigenvalue weighted by atomic mass is 10.2. The zero-order valence-electron chi connectivity index (χ0n) is 12.0. The molecule has 2 aromatic rings. The molecule has 0 aromatic heterocycles. The average molecular weight is 357 g/mol. The van der Waals surface area contributed by atoms with Crippen LogP contribution in [0, 0.1) is 0 Å². The van der Waals surface area contributed by atoms with Crippen LogP contribution in [0.15, 0.2) is 84.5 Å². The van der Waals surface area contributed by atoms with Crippen LogP contribution >= 0.6 is 23.9 Å². The predicted molar refractivity (Wildman–Crippen MR) is 98.5 cm³/mol. The van der Waals surface area contributed by atoms with Gasteiger partial charge in [0.1, 0.15) is 0 Å². The maximum absolute atomic E-state index is 3.77. The molecule has 2 heteroatoms. The first-order valence-corrected chi connectivity index (χ1v) is 9.51. The van der Waals surface area contributed by atoms with Gasteiger partial charge in [-0.1, -0.05) is 102 Å². The van der Waals surface area contributed by atoms with Crippen LogP contribution in [0.1, 0.15) is 6.92 Å². The first-order valence-electron chi connectivity index (χ1n) is 7.19. The van der Waals surface area contributed by atoms with Crippen molar-refractivity contribution >= 4 is 34.5 Å². The molecule has 2 aromatic carbocycles. The summed E-state index contributed by atoms with van der Waals surface area (Å²) in [6, 6.07) is 21.8. The third-order valence-corrected chi connectivity index (χ3v) is 7.44. The number of alkyl halides is 1. The van der Waals surface area contributed by atoms with E-state index in [0.717, 1.165) is 0 Å². The molecule has 106 valence electrons. The fourth-order valence-electron chi connectivity index (χ4n) is 2.76.